The highest BCUT2D eigenvalue weighted by Crippen LogP contribution is 2.19. The molecule has 2 saturated heterocycles. The minimum Gasteiger partial charge on any atom is -0.368 e. The van der Waals surface area contributed by atoms with Gasteiger partial charge < -0.3 is 16.0 Å². The number of carbonyl (C=O) groups excluding carboxylic acids is 2. The van der Waals surface area contributed by atoms with E-state index in [0.29, 0.717) is 13.0 Å². The van der Waals surface area contributed by atoms with E-state index >= 15 is 0 Å². The Morgan fingerprint density at radius 3 is 2.62 bits per heavy atom. The van der Waals surface area contributed by atoms with Crippen LogP contribution in [0.2, 0.25) is 0 Å². The molecule has 0 radical (unpaired) electrons. The highest BCUT2D eigenvalue weighted by molar-refractivity contribution is 5.89. The second kappa shape index (κ2) is 4.82. The number of nitrogens with two attached hydrogens (primary N) is 1. The van der Waals surface area contributed by atoms with Gasteiger partial charge in [0.25, 0.3) is 0 Å². The van der Waals surface area contributed by atoms with E-state index in [4.69, 9.17) is 5.73 Å². The Kier molecular flexibility index (Phi) is 3.43. The molecular weight excluding hydrogens is 206 g/mol. The van der Waals surface area contributed by atoms with Gasteiger partial charge in [0.2, 0.25) is 11.8 Å². The average Bonchev–Trinajstić information content (AvgIpc) is 2.81. The summed E-state index contributed by atoms with van der Waals surface area (Å²) in [6, 6.07) is -0.483. The summed E-state index contributed by atoms with van der Waals surface area (Å²) in [6.45, 7) is 1.57. The summed E-state index contributed by atoms with van der Waals surface area (Å²) in [5.74, 6) is -0.313. The summed E-state index contributed by atoms with van der Waals surface area (Å²) < 4.78 is 0. The first kappa shape index (κ1) is 11.4. The molecule has 0 saturated carbocycles. The summed E-state index contributed by atoms with van der Waals surface area (Å²) in [5, 5.41) is 3.17. The van der Waals surface area contributed by atoms with Crippen molar-refractivity contribution in [3.63, 3.8) is 0 Å². The van der Waals surface area contributed by atoms with E-state index in [0.717, 1.165) is 32.2 Å². The number of nitrogens with zero attached hydrogens (tertiary/aromatic N) is 1. The number of hydrogen-bond donors (Lipinski definition) is 2. The topological polar surface area (TPSA) is 75.4 Å². The predicted molar refractivity (Wildman–Crippen MR) is 59.6 cm³/mol. The molecule has 2 amide bonds. The molecule has 2 fully saturated rings. The van der Waals surface area contributed by atoms with E-state index in [-0.39, 0.29) is 23.9 Å². The number of rotatable bonds is 2. The summed E-state index contributed by atoms with van der Waals surface area (Å²) in [4.78, 5) is 25.1. The quantitative estimate of drug-likeness (QED) is 0.671. The molecule has 2 heterocycles. The van der Waals surface area contributed by atoms with Gasteiger partial charge in [0.05, 0.1) is 6.04 Å². The number of piperidine rings is 1. The second-order valence-corrected chi connectivity index (χ2v) is 4.59. The minimum atomic E-state index is -0.386. The SMILES string of the molecule is NC(=O)C1CCCCN1C(=O)[C@H]1CCCN1. The van der Waals surface area contributed by atoms with Crippen LogP contribution in [0.15, 0.2) is 0 Å². The van der Waals surface area contributed by atoms with Crippen LogP contribution in [0.1, 0.15) is 32.1 Å². The van der Waals surface area contributed by atoms with E-state index in [1.165, 1.54) is 0 Å². The molecule has 0 bridgehead atoms. The molecule has 0 aromatic carbocycles. The van der Waals surface area contributed by atoms with Crippen molar-refractivity contribution in [1.29, 1.82) is 0 Å². The zero-order chi connectivity index (χ0) is 11.5. The van der Waals surface area contributed by atoms with Crippen LogP contribution in [0.3, 0.4) is 0 Å². The lowest BCUT2D eigenvalue weighted by molar-refractivity contribution is -0.142. The average molecular weight is 225 g/mol. The number of amides is 2. The first-order chi connectivity index (χ1) is 7.70. The molecule has 2 aliphatic heterocycles. The molecule has 90 valence electrons. The molecule has 5 heteroatoms. The maximum Gasteiger partial charge on any atom is 0.240 e. The molecule has 2 rings (SSSR count). The van der Waals surface area contributed by atoms with Gasteiger partial charge >= 0.3 is 0 Å². The van der Waals surface area contributed by atoms with Gasteiger partial charge in [-0.2, -0.15) is 0 Å². The van der Waals surface area contributed by atoms with Crippen molar-refractivity contribution < 1.29 is 9.59 Å². The highest BCUT2D eigenvalue weighted by Gasteiger charge is 2.35. The Balaban J connectivity index is 2.04. The lowest BCUT2D eigenvalue weighted by Crippen LogP contribution is -2.54. The first-order valence-electron chi connectivity index (χ1n) is 6.03. The van der Waals surface area contributed by atoms with Crippen LogP contribution < -0.4 is 11.1 Å². The van der Waals surface area contributed by atoms with Crippen LogP contribution in [-0.4, -0.2) is 41.9 Å². The van der Waals surface area contributed by atoms with E-state index in [2.05, 4.69) is 5.32 Å². The fraction of sp³-hybridized carbons (Fsp3) is 0.818. The van der Waals surface area contributed by atoms with Crippen molar-refractivity contribution in [1.82, 2.24) is 10.2 Å². The minimum absolute atomic E-state index is 0.0565. The van der Waals surface area contributed by atoms with Gasteiger partial charge in [-0.3, -0.25) is 9.59 Å². The van der Waals surface area contributed by atoms with Gasteiger partial charge in [-0.25, -0.2) is 0 Å². The van der Waals surface area contributed by atoms with Crippen LogP contribution in [0, 0.1) is 0 Å². The number of carbonyl (C=O) groups is 2. The standard InChI is InChI=1S/C11H19N3O2/c12-10(15)9-5-1-2-7-14(9)11(16)8-4-3-6-13-8/h8-9,13H,1-7H2,(H2,12,15)/t8-,9?/m1/s1. The van der Waals surface area contributed by atoms with E-state index in [1.54, 1.807) is 4.90 Å². The summed E-state index contributed by atoms with van der Waals surface area (Å²) >= 11 is 0. The van der Waals surface area contributed by atoms with Crippen molar-refractivity contribution >= 4 is 11.8 Å². The van der Waals surface area contributed by atoms with Gasteiger partial charge in [-0.05, 0) is 38.6 Å². The van der Waals surface area contributed by atoms with Crippen LogP contribution >= 0.6 is 0 Å². The molecule has 0 spiro atoms. The van der Waals surface area contributed by atoms with Gasteiger partial charge in [0.15, 0.2) is 0 Å². The van der Waals surface area contributed by atoms with E-state index < -0.39 is 0 Å². The predicted octanol–water partition coefficient (Wildman–Crippen LogP) is -0.395. The number of hydrogen-bond acceptors (Lipinski definition) is 3. The Morgan fingerprint density at radius 2 is 2.00 bits per heavy atom. The summed E-state index contributed by atoms with van der Waals surface area (Å²) in [7, 11) is 0. The smallest absolute Gasteiger partial charge is 0.240 e. The van der Waals surface area contributed by atoms with E-state index in [9.17, 15) is 9.59 Å². The maximum atomic E-state index is 12.2. The lowest BCUT2D eigenvalue weighted by atomic mass is 10.00. The monoisotopic (exact) mass is 225 g/mol. The summed E-state index contributed by atoms with van der Waals surface area (Å²) in [6.07, 6.45) is 4.58. The molecule has 2 aliphatic rings. The highest BCUT2D eigenvalue weighted by atomic mass is 16.2. The Hall–Kier alpha value is -1.10. The third-order valence-corrected chi connectivity index (χ3v) is 3.47. The molecule has 0 aromatic rings. The zero-order valence-electron chi connectivity index (χ0n) is 9.45. The van der Waals surface area contributed by atoms with Crippen molar-refractivity contribution in [2.75, 3.05) is 13.1 Å². The largest absolute Gasteiger partial charge is 0.368 e. The van der Waals surface area contributed by atoms with Crippen LogP contribution in [-0.2, 0) is 9.59 Å². The normalized spacial score (nSPS) is 30.4. The van der Waals surface area contributed by atoms with Gasteiger partial charge in [0, 0.05) is 6.54 Å². The number of likely N-dealkylation sites (tertiary alicyclic amines) is 1. The van der Waals surface area contributed by atoms with Crippen molar-refractivity contribution in [3.05, 3.63) is 0 Å². The third kappa shape index (κ3) is 2.19. The molecule has 0 aliphatic carbocycles. The molecule has 0 aromatic heterocycles. The van der Waals surface area contributed by atoms with Crippen molar-refractivity contribution in [2.45, 2.75) is 44.2 Å². The Morgan fingerprint density at radius 1 is 1.19 bits per heavy atom. The second-order valence-electron chi connectivity index (χ2n) is 4.59. The molecule has 1 unspecified atom stereocenters. The fourth-order valence-corrected chi connectivity index (χ4v) is 2.59. The molecule has 3 N–H and O–H groups in total. The number of primary amides is 1. The van der Waals surface area contributed by atoms with Crippen LogP contribution in [0.5, 0.6) is 0 Å². The molecule has 16 heavy (non-hydrogen) atoms. The van der Waals surface area contributed by atoms with Crippen LogP contribution in [0.4, 0.5) is 0 Å². The summed E-state index contributed by atoms with van der Waals surface area (Å²) in [5.41, 5.74) is 5.34. The Bertz CT molecular complexity index is 287. The van der Waals surface area contributed by atoms with Crippen LogP contribution in [0.25, 0.3) is 0 Å². The third-order valence-electron chi connectivity index (χ3n) is 3.47. The molecular formula is C11H19N3O2. The number of nitrogens with one attached hydrogen (secondary N) is 1. The maximum absolute atomic E-state index is 12.2. The van der Waals surface area contributed by atoms with Gasteiger partial charge in [0.1, 0.15) is 6.04 Å². The van der Waals surface area contributed by atoms with E-state index in [1.807, 2.05) is 0 Å². The van der Waals surface area contributed by atoms with Crippen molar-refractivity contribution in [3.8, 4) is 0 Å². The molecule has 5 nitrogen and oxygen atoms in total. The Labute approximate surface area is 95.3 Å². The van der Waals surface area contributed by atoms with Gasteiger partial charge in [-0.1, -0.05) is 0 Å². The fourth-order valence-electron chi connectivity index (χ4n) is 2.59. The lowest BCUT2D eigenvalue weighted by Gasteiger charge is -2.35. The molecule has 2 atom stereocenters. The van der Waals surface area contributed by atoms with Crippen molar-refractivity contribution in [2.24, 2.45) is 5.73 Å². The zero-order valence-corrected chi connectivity index (χ0v) is 9.45. The van der Waals surface area contributed by atoms with Gasteiger partial charge in [-0.15, -0.1) is 0 Å². The first-order valence-corrected chi connectivity index (χ1v) is 6.03.